The van der Waals surface area contributed by atoms with Crippen molar-refractivity contribution in [2.75, 3.05) is 18.0 Å². The van der Waals surface area contributed by atoms with Gasteiger partial charge in [-0.2, -0.15) is 0 Å². The van der Waals surface area contributed by atoms with Crippen LogP contribution in [0, 0.1) is 6.92 Å². The molecule has 32 heavy (non-hydrogen) atoms. The fourth-order valence-corrected chi connectivity index (χ4v) is 3.74. The minimum atomic E-state index is 0.771. The quantitative estimate of drug-likeness (QED) is 0.363. The zero-order valence-corrected chi connectivity index (χ0v) is 18.5. The summed E-state index contributed by atoms with van der Waals surface area (Å²) in [4.78, 5) is 18.6. The van der Waals surface area contributed by atoms with Crippen molar-refractivity contribution in [3.05, 3.63) is 120 Å². The minimum absolute atomic E-state index is 0.771. The van der Waals surface area contributed by atoms with Crippen molar-refractivity contribution in [1.29, 1.82) is 0 Å². The van der Waals surface area contributed by atoms with Gasteiger partial charge in [0.15, 0.2) is 0 Å². The van der Waals surface area contributed by atoms with E-state index in [4.69, 9.17) is 4.98 Å². The van der Waals surface area contributed by atoms with Crippen LogP contribution in [-0.2, 0) is 19.6 Å². The van der Waals surface area contributed by atoms with Gasteiger partial charge in [0.25, 0.3) is 0 Å². The highest BCUT2D eigenvalue weighted by molar-refractivity contribution is 5.46. The smallest absolute Gasteiger partial charge is 0.0602 e. The van der Waals surface area contributed by atoms with Gasteiger partial charge in [-0.15, -0.1) is 0 Å². The first kappa shape index (κ1) is 21.7. The van der Waals surface area contributed by atoms with E-state index in [1.54, 1.807) is 0 Å². The molecule has 4 rings (SSSR count). The van der Waals surface area contributed by atoms with Gasteiger partial charge in [0.2, 0.25) is 0 Å². The zero-order valence-electron chi connectivity index (χ0n) is 18.5. The van der Waals surface area contributed by atoms with Crippen LogP contribution < -0.4 is 4.90 Å². The van der Waals surface area contributed by atoms with Gasteiger partial charge in [-0.05, 0) is 55.5 Å². The van der Waals surface area contributed by atoms with Gasteiger partial charge in [-0.3, -0.25) is 19.9 Å². The Bertz CT molecular complexity index is 1030. The molecule has 0 radical (unpaired) electrons. The number of anilines is 1. The average Bonchev–Trinajstić information content (AvgIpc) is 2.83. The number of rotatable bonds is 10. The van der Waals surface area contributed by atoms with E-state index in [0.29, 0.717) is 0 Å². The van der Waals surface area contributed by atoms with Gasteiger partial charge in [0.1, 0.15) is 0 Å². The molecule has 0 amide bonds. The number of nitrogens with zero attached hydrogens (tertiary/aromatic N) is 5. The zero-order chi connectivity index (χ0) is 22.0. The van der Waals surface area contributed by atoms with Gasteiger partial charge in [-0.25, -0.2) is 0 Å². The van der Waals surface area contributed by atoms with Crippen LogP contribution >= 0.6 is 0 Å². The van der Waals surface area contributed by atoms with E-state index in [1.807, 2.05) is 49.6 Å². The molecule has 3 aromatic heterocycles. The van der Waals surface area contributed by atoms with Crippen LogP contribution in [0.1, 0.15) is 22.8 Å². The van der Waals surface area contributed by atoms with E-state index in [2.05, 4.69) is 74.4 Å². The predicted molar refractivity (Wildman–Crippen MR) is 129 cm³/mol. The molecule has 0 bridgehead atoms. The molecule has 0 fully saturated rings. The van der Waals surface area contributed by atoms with Crippen molar-refractivity contribution in [2.24, 2.45) is 0 Å². The Hall–Kier alpha value is -3.57. The Morgan fingerprint density at radius 3 is 1.81 bits per heavy atom. The summed E-state index contributed by atoms with van der Waals surface area (Å²) in [5.74, 6) is 0. The molecule has 0 aliphatic carbocycles. The van der Waals surface area contributed by atoms with E-state index in [0.717, 1.165) is 55.5 Å². The molecule has 5 heteroatoms. The minimum Gasteiger partial charge on any atom is -0.364 e. The largest absolute Gasteiger partial charge is 0.364 e. The molecular formula is C27H29N5. The molecule has 4 aromatic rings. The predicted octanol–water partition coefficient (Wildman–Crippen LogP) is 4.89. The average molecular weight is 424 g/mol. The maximum absolute atomic E-state index is 4.73. The number of para-hydroxylation sites is 1. The van der Waals surface area contributed by atoms with Crippen LogP contribution in [0.25, 0.3) is 0 Å². The molecule has 0 aliphatic rings. The molecular weight excluding hydrogens is 394 g/mol. The molecule has 0 unspecified atom stereocenters. The summed E-state index contributed by atoms with van der Waals surface area (Å²) in [6.45, 7) is 6.13. The van der Waals surface area contributed by atoms with Crippen molar-refractivity contribution in [1.82, 2.24) is 19.9 Å². The van der Waals surface area contributed by atoms with Crippen LogP contribution in [-0.4, -0.2) is 32.9 Å². The third-order valence-corrected chi connectivity index (χ3v) is 5.33. The number of hydrogen-bond acceptors (Lipinski definition) is 5. The lowest BCUT2D eigenvalue weighted by molar-refractivity contribution is 0.255. The second-order valence-corrected chi connectivity index (χ2v) is 7.88. The van der Waals surface area contributed by atoms with E-state index in [-0.39, 0.29) is 0 Å². The summed E-state index contributed by atoms with van der Waals surface area (Å²) in [6.07, 6.45) is 3.71. The van der Waals surface area contributed by atoms with Crippen LogP contribution in [0.15, 0.2) is 97.3 Å². The van der Waals surface area contributed by atoms with E-state index in [9.17, 15) is 0 Å². The Labute approximate surface area is 190 Å². The molecule has 162 valence electrons. The summed E-state index contributed by atoms with van der Waals surface area (Å²) in [7, 11) is 0. The highest BCUT2D eigenvalue weighted by atomic mass is 15.2. The first-order valence-electron chi connectivity index (χ1n) is 11.0. The molecule has 5 nitrogen and oxygen atoms in total. The van der Waals surface area contributed by atoms with Gasteiger partial charge < -0.3 is 4.90 Å². The maximum atomic E-state index is 4.73. The first-order valence-corrected chi connectivity index (χ1v) is 11.0. The number of aryl methyl sites for hydroxylation is 1. The maximum Gasteiger partial charge on any atom is 0.0602 e. The fraction of sp³-hybridized carbons (Fsp3) is 0.222. The van der Waals surface area contributed by atoms with Crippen molar-refractivity contribution in [2.45, 2.75) is 26.6 Å². The lowest BCUT2D eigenvalue weighted by Gasteiger charge is -2.29. The van der Waals surface area contributed by atoms with E-state index in [1.165, 1.54) is 5.69 Å². The Balaban J connectivity index is 1.51. The van der Waals surface area contributed by atoms with Crippen LogP contribution in [0.3, 0.4) is 0 Å². The van der Waals surface area contributed by atoms with Crippen LogP contribution in [0.2, 0.25) is 0 Å². The van der Waals surface area contributed by atoms with Gasteiger partial charge in [0, 0.05) is 50.0 Å². The topological polar surface area (TPSA) is 45.2 Å². The highest BCUT2D eigenvalue weighted by Gasteiger charge is 2.13. The monoisotopic (exact) mass is 423 g/mol. The second kappa shape index (κ2) is 11.2. The van der Waals surface area contributed by atoms with Crippen molar-refractivity contribution < 1.29 is 0 Å². The first-order chi connectivity index (χ1) is 15.8. The standard InChI is InChI=1S/C27H29N5/c1-23-10-9-13-26(30-23)22-32(27-14-3-2-4-15-27)19-18-31(20-24-11-5-7-16-28-24)21-25-12-6-8-17-29-25/h2-17H,18-22H2,1H3. The fourth-order valence-electron chi connectivity index (χ4n) is 3.74. The molecule has 3 heterocycles. The number of pyridine rings is 3. The summed E-state index contributed by atoms with van der Waals surface area (Å²) >= 11 is 0. The van der Waals surface area contributed by atoms with E-state index >= 15 is 0 Å². The van der Waals surface area contributed by atoms with Crippen molar-refractivity contribution in [3.8, 4) is 0 Å². The summed E-state index contributed by atoms with van der Waals surface area (Å²) in [6, 6.07) is 28.9. The lowest BCUT2D eigenvalue weighted by Crippen LogP contribution is -2.35. The van der Waals surface area contributed by atoms with Gasteiger partial charge >= 0.3 is 0 Å². The molecule has 0 atom stereocenters. The highest BCUT2D eigenvalue weighted by Crippen LogP contribution is 2.17. The molecule has 0 aliphatic heterocycles. The molecule has 0 spiro atoms. The lowest BCUT2D eigenvalue weighted by atomic mass is 10.2. The van der Waals surface area contributed by atoms with Crippen molar-refractivity contribution >= 4 is 5.69 Å². The number of hydrogen-bond donors (Lipinski definition) is 0. The van der Waals surface area contributed by atoms with Crippen LogP contribution in [0.4, 0.5) is 5.69 Å². The van der Waals surface area contributed by atoms with Crippen molar-refractivity contribution in [3.63, 3.8) is 0 Å². The molecule has 0 N–H and O–H groups in total. The summed E-state index contributed by atoms with van der Waals surface area (Å²) in [5.41, 5.74) is 5.45. The Morgan fingerprint density at radius 2 is 1.22 bits per heavy atom. The van der Waals surface area contributed by atoms with Gasteiger partial charge in [-0.1, -0.05) is 36.4 Å². The molecule has 1 aromatic carbocycles. The summed E-state index contributed by atoms with van der Waals surface area (Å²) < 4.78 is 0. The van der Waals surface area contributed by atoms with Crippen LogP contribution in [0.5, 0.6) is 0 Å². The number of benzene rings is 1. The number of aromatic nitrogens is 3. The normalized spacial score (nSPS) is 10.9. The third-order valence-electron chi connectivity index (χ3n) is 5.33. The SMILES string of the molecule is Cc1cccc(CN(CCN(Cc2ccccn2)Cc2ccccn2)c2ccccc2)n1. The van der Waals surface area contributed by atoms with E-state index < -0.39 is 0 Å². The molecule has 0 saturated carbocycles. The molecule has 0 saturated heterocycles. The summed E-state index contributed by atoms with van der Waals surface area (Å²) in [5, 5.41) is 0. The Morgan fingerprint density at radius 1 is 0.594 bits per heavy atom. The third kappa shape index (κ3) is 6.46. The second-order valence-electron chi connectivity index (χ2n) is 7.88. The Kier molecular flexibility index (Phi) is 7.55. The van der Waals surface area contributed by atoms with Gasteiger partial charge in [0.05, 0.1) is 23.6 Å².